The van der Waals surface area contributed by atoms with Crippen LogP contribution in [0.15, 0.2) is 0 Å². The van der Waals surface area contributed by atoms with Crippen molar-refractivity contribution in [3.63, 3.8) is 0 Å². The van der Waals surface area contributed by atoms with Crippen molar-refractivity contribution in [1.82, 2.24) is 10.2 Å². The molecule has 0 spiro atoms. The van der Waals surface area contributed by atoms with Gasteiger partial charge in [0.1, 0.15) is 0 Å². The number of piperidine rings is 1. The summed E-state index contributed by atoms with van der Waals surface area (Å²) in [5.41, 5.74) is 0.470. The van der Waals surface area contributed by atoms with E-state index in [-0.39, 0.29) is 0 Å². The molecule has 1 heterocycles. The number of nitrogens with one attached hydrogen (secondary N) is 1. The molecule has 0 radical (unpaired) electrons. The molecule has 106 valence electrons. The van der Waals surface area contributed by atoms with Crippen molar-refractivity contribution in [3.05, 3.63) is 0 Å². The zero-order valence-electron chi connectivity index (χ0n) is 12.7. The molecule has 0 aromatic rings. The van der Waals surface area contributed by atoms with Crippen LogP contribution >= 0.6 is 0 Å². The lowest BCUT2D eigenvalue weighted by Gasteiger charge is -2.41. The molecule has 1 N–H and O–H groups in total. The van der Waals surface area contributed by atoms with E-state index in [1.165, 1.54) is 64.8 Å². The van der Waals surface area contributed by atoms with Crippen LogP contribution in [0.4, 0.5) is 0 Å². The van der Waals surface area contributed by atoms with Gasteiger partial charge in [0.05, 0.1) is 0 Å². The summed E-state index contributed by atoms with van der Waals surface area (Å²) in [6.07, 6.45) is 7.04. The molecule has 2 aliphatic rings. The first-order valence-corrected chi connectivity index (χ1v) is 8.05. The molecule has 1 aliphatic carbocycles. The third-order valence-corrected chi connectivity index (χ3v) is 4.79. The van der Waals surface area contributed by atoms with E-state index in [1.807, 2.05) is 0 Å². The third kappa shape index (κ3) is 4.24. The van der Waals surface area contributed by atoms with Crippen LogP contribution in [0.5, 0.6) is 0 Å². The number of hydrogen-bond donors (Lipinski definition) is 1. The van der Waals surface area contributed by atoms with Crippen molar-refractivity contribution in [1.29, 1.82) is 0 Å². The molecule has 0 bridgehead atoms. The van der Waals surface area contributed by atoms with Crippen molar-refractivity contribution >= 4 is 0 Å². The smallest absolute Gasteiger partial charge is 0.00359 e. The van der Waals surface area contributed by atoms with Crippen LogP contribution in [-0.4, -0.2) is 37.6 Å². The average molecular weight is 252 g/mol. The van der Waals surface area contributed by atoms with Gasteiger partial charge in [-0.25, -0.2) is 0 Å². The Morgan fingerprint density at radius 1 is 1.22 bits per heavy atom. The summed E-state index contributed by atoms with van der Waals surface area (Å²) >= 11 is 0. The fourth-order valence-electron chi connectivity index (χ4n) is 3.44. The Bertz CT molecular complexity index is 239. The van der Waals surface area contributed by atoms with Gasteiger partial charge in [0.25, 0.3) is 0 Å². The molecule has 18 heavy (non-hydrogen) atoms. The lowest BCUT2D eigenvalue weighted by Crippen LogP contribution is -2.45. The summed E-state index contributed by atoms with van der Waals surface area (Å²) in [4.78, 5) is 2.74. The molecule has 2 fully saturated rings. The molecule has 0 aromatic heterocycles. The predicted octanol–water partition coefficient (Wildman–Crippen LogP) is 3.13. The van der Waals surface area contributed by atoms with Gasteiger partial charge in [0.15, 0.2) is 0 Å². The Hall–Kier alpha value is -0.0800. The monoisotopic (exact) mass is 252 g/mol. The van der Waals surface area contributed by atoms with Crippen LogP contribution in [0, 0.1) is 17.3 Å². The molecule has 1 saturated heterocycles. The second-order valence-corrected chi connectivity index (χ2v) is 7.21. The van der Waals surface area contributed by atoms with E-state index < -0.39 is 0 Å². The standard InChI is InChI=1S/C16H32N2/c1-4-10-18(12-14-7-8-14)13-16(2,3)15-6-5-9-17-11-15/h14-15,17H,4-13H2,1-3H3. The van der Waals surface area contributed by atoms with E-state index in [9.17, 15) is 0 Å². The van der Waals surface area contributed by atoms with Crippen LogP contribution in [-0.2, 0) is 0 Å². The zero-order chi connectivity index (χ0) is 13.0. The summed E-state index contributed by atoms with van der Waals surface area (Å²) in [5, 5.41) is 3.58. The molecule has 2 nitrogen and oxygen atoms in total. The van der Waals surface area contributed by atoms with E-state index in [1.54, 1.807) is 0 Å². The van der Waals surface area contributed by atoms with Gasteiger partial charge in [-0.1, -0.05) is 20.8 Å². The minimum atomic E-state index is 0.470. The highest BCUT2D eigenvalue weighted by atomic mass is 15.1. The van der Waals surface area contributed by atoms with Crippen LogP contribution in [0.1, 0.15) is 52.9 Å². The summed E-state index contributed by atoms with van der Waals surface area (Å²) in [5.74, 6) is 1.89. The maximum atomic E-state index is 3.58. The first-order valence-electron chi connectivity index (χ1n) is 8.05. The minimum Gasteiger partial charge on any atom is -0.316 e. The van der Waals surface area contributed by atoms with Gasteiger partial charge in [-0.2, -0.15) is 0 Å². The van der Waals surface area contributed by atoms with Gasteiger partial charge in [0.2, 0.25) is 0 Å². The Labute approximate surface area is 114 Å². The topological polar surface area (TPSA) is 15.3 Å². The fraction of sp³-hybridized carbons (Fsp3) is 1.00. The molecule has 1 atom stereocenters. The Kier molecular flexibility index (Phi) is 5.08. The molecular formula is C16H32N2. The third-order valence-electron chi connectivity index (χ3n) is 4.79. The predicted molar refractivity (Wildman–Crippen MR) is 78.8 cm³/mol. The van der Waals surface area contributed by atoms with Gasteiger partial charge in [-0.15, -0.1) is 0 Å². The van der Waals surface area contributed by atoms with E-state index in [0.29, 0.717) is 5.41 Å². The van der Waals surface area contributed by atoms with Crippen molar-refractivity contribution in [2.75, 3.05) is 32.7 Å². The molecule has 1 unspecified atom stereocenters. The van der Waals surface area contributed by atoms with Crippen LogP contribution in [0.3, 0.4) is 0 Å². The Morgan fingerprint density at radius 2 is 2.00 bits per heavy atom. The summed E-state index contributed by atoms with van der Waals surface area (Å²) in [7, 11) is 0. The molecule has 0 amide bonds. The SMILES string of the molecule is CCCN(CC1CC1)CC(C)(C)C1CCCNC1. The molecular weight excluding hydrogens is 220 g/mol. The second-order valence-electron chi connectivity index (χ2n) is 7.21. The van der Waals surface area contributed by atoms with Crippen LogP contribution in [0.25, 0.3) is 0 Å². The first-order chi connectivity index (χ1) is 8.62. The highest BCUT2D eigenvalue weighted by Gasteiger charge is 2.33. The number of nitrogens with zero attached hydrogens (tertiary/aromatic N) is 1. The Morgan fingerprint density at radius 3 is 2.56 bits per heavy atom. The second kappa shape index (κ2) is 6.38. The Balaban J connectivity index is 1.85. The van der Waals surface area contributed by atoms with E-state index in [2.05, 4.69) is 31.0 Å². The van der Waals surface area contributed by atoms with Gasteiger partial charge in [-0.3, -0.25) is 0 Å². The van der Waals surface area contributed by atoms with E-state index >= 15 is 0 Å². The highest BCUT2D eigenvalue weighted by molar-refractivity contribution is 4.87. The van der Waals surface area contributed by atoms with Crippen molar-refractivity contribution in [2.24, 2.45) is 17.3 Å². The number of rotatable bonds is 7. The number of hydrogen-bond acceptors (Lipinski definition) is 2. The quantitative estimate of drug-likeness (QED) is 0.749. The van der Waals surface area contributed by atoms with Crippen LogP contribution < -0.4 is 5.32 Å². The summed E-state index contributed by atoms with van der Waals surface area (Å²) in [6.45, 7) is 13.7. The normalized spacial score (nSPS) is 25.7. The van der Waals surface area contributed by atoms with Gasteiger partial charge in [0, 0.05) is 13.1 Å². The lowest BCUT2D eigenvalue weighted by atomic mass is 9.74. The average Bonchev–Trinajstić information content (AvgIpc) is 3.14. The van der Waals surface area contributed by atoms with E-state index in [0.717, 1.165) is 11.8 Å². The first kappa shape index (κ1) is 14.3. The summed E-state index contributed by atoms with van der Waals surface area (Å²) < 4.78 is 0. The minimum absolute atomic E-state index is 0.470. The molecule has 1 aliphatic heterocycles. The van der Waals surface area contributed by atoms with Crippen molar-refractivity contribution in [3.8, 4) is 0 Å². The summed E-state index contributed by atoms with van der Waals surface area (Å²) in [6, 6.07) is 0. The maximum Gasteiger partial charge on any atom is 0.00359 e. The highest BCUT2D eigenvalue weighted by Crippen LogP contribution is 2.35. The molecule has 1 saturated carbocycles. The molecule has 2 heteroatoms. The fourth-order valence-corrected chi connectivity index (χ4v) is 3.44. The van der Waals surface area contributed by atoms with Gasteiger partial charge in [-0.05, 0) is 69.0 Å². The largest absolute Gasteiger partial charge is 0.316 e. The van der Waals surface area contributed by atoms with E-state index in [4.69, 9.17) is 0 Å². The van der Waals surface area contributed by atoms with Gasteiger partial charge < -0.3 is 10.2 Å². The van der Waals surface area contributed by atoms with Crippen molar-refractivity contribution in [2.45, 2.75) is 52.9 Å². The molecule has 0 aromatic carbocycles. The zero-order valence-corrected chi connectivity index (χ0v) is 12.7. The van der Waals surface area contributed by atoms with Crippen molar-refractivity contribution < 1.29 is 0 Å². The molecule has 2 rings (SSSR count). The maximum absolute atomic E-state index is 3.58. The lowest BCUT2D eigenvalue weighted by molar-refractivity contribution is 0.0973. The van der Waals surface area contributed by atoms with Gasteiger partial charge >= 0.3 is 0 Å². The van der Waals surface area contributed by atoms with Crippen LogP contribution in [0.2, 0.25) is 0 Å².